The standard InChI is InChI=1S/C15H17N3O2S/c1-9-4-3-5-12(10(9)2)18-14(11-6-7-11)16-17-15(18)21-8-13(19)20/h3-5,11H,6-8H2,1-2H3,(H,19,20). The summed E-state index contributed by atoms with van der Waals surface area (Å²) in [6.07, 6.45) is 2.26. The smallest absolute Gasteiger partial charge is 0.313 e. The Morgan fingerprint density at radius 2 is 2.14 bits per heavy atom. The molecule has 5 nitrogen and oxygen atoms in total. The number of carboxylic acids is 1. The Morgan fingerprint density at radius 3 is 2.81 bits per heavy atom. The van der Waals surface area contributed by atoms with Gasteiger partial charge >= 0.3 is 5.97 Å². The molecule has 0 unspecified atom stereocenters. The molecule has 1 aliphatic carbocycles. The van der Waals surface area contributed by atoms with Crippen LogP contribution in [-0.4, -0.2) is 31.6 Å². The number of hydrogen-bond donors (Lipinski definition) is 1. The van der Waals surface area contributed by atoms with Crippen LogP contribution in [0.15, 0.2) is 23.4 Å². The lowest BCUT2D eigenvalue weighted by Crippen LogP contribution is -2.06. The van der Waals surface area contributed by atoms with E-state index < -0.39 is 5.97 Å². The third-order valence-electron chi connectivity index (χ3n) is 3.74. The van der Waals surface area contributed by atoms with E-state index in [9.17, 15) is 4.79 Å². The molecular weight excluding hydrogens is 286 g/mol. The SMILES string of the molecule is Cc1cccc(-n2c(SCC(=O)O)nnc2C2CC2)c1C. The maximum Gasteiger partial charge on any atom is 0.313 e. The lowest BCUT2D eigenvalue weighted by atomic mass is 10.1. The molecule has 0 atom stereocenters. The van der Waals surface area contributed by atoms with Gasteiger partial charge in [-0.3, -0.25) is 9.36 Å². The van der Waals surface area contributed by atoms with Crippen LogP contribution >= 0.6 is 11.8 Å². The van der Waals surface area contributed by atoms with Crippen LogP contribution in [0.2, 0.25) is 0 Å². The second-order valence-electron chi connectivity index (χ2n) is 5.35. The minimum Gasteiger partial charge on any atom is -0.481 e. The molecule has 0 bridgehead atoms. The first-order chi connectivity index (χ1) is 10.1. The van der Waals surface area contributed by atoms with Gasteiger partial charge in [-0.2, -0.15) is 0 Å². The molecule has 1 aromatic heterocycles. The highest BCUT2D eigenvalue weighted by molar-refractivity contribution is 7.99. The summed E-state index contributed by atoms with van der Waals surface area (Å²) in [5, 5.41) is 18.1. The fourth-order valence-corrected chi connectivity index (χ4v) is 2.98. The van der Waals surface area contributed by atoms with E-state index in [0.717, 1.165) is 24.4 Å². The first-order valence-corrected chi connectivity index (χ1v) is 7.93. The van der Waals surface area contributed by atoms with Gasteiger partial charge in [0.05, 0.1) is 11.4 Å². The molecule has 3 rings (SSSR count). The van der Waals surface area contributed by atoms with Gasteiger partial charge in [-0.05, 0) is 43.9 Å². The van der Waals surface area contributed by atoms with E-state index in [0.29, 0.717) is 11.1 Å². The Hall–Kier alpha value is -1.82. The van der Waals surface area contributed by atoms with Crippen molar-refractivity contribution in [2.24, 2.45) is 0 Å². The third-order valence-corrected chi connectivity index (χ3v) is 4.66. The van der Waals surface area contributed by atoms with Crippen LogP contribution < -0.4 is 0 Å². The summed E-state index contributed by atoms with van der Waals surface area (Å²) in [6, 6.07) is 6.13. The lowest BCUT2D eigenvalue weighted by molar-refractivity contribution is -0.133. The van der Waals surface area contributed by atoms with Gasteiger partial charge < -0.3 is 5.11 Å². The van der Waals surface area contributed by atoms with Crippen LogP contribution in [-0.2, 0) is 4.79 Å². The van der Waals surface area contributed by atoms with Crippen molar-refractivity contribution in [2.45, 2.75) is 37.8 Å². The summed E-state index contributed by atoms with van der Waals surface area (Å²) in [6.45, 7) is 4.15. The first kappa shape index (κ1) is 14.1. The van der Waals surface area contributed by atoms with Crippen LogP contribution in [0.3, 0.4) is 0 Å². The van der Waals surface area contributed by atoms with Gasteiger partial charge in [0.25, 0.3) is 0 Å². The molecule has 1 fully saturated rings. The molecule has 0 aliphatic heterocycles. The Balaban J connectivity index is 2.07. The topological polar surface area (TPSA) is 68.0 Å². The molecule has 0 spiro atoms. The van der Waals surface area contributed by atoms with Gasteiger partial charge in [0.1, 0.15) is 5.82 Å². The molecule has 0 saturated heterocycles. The quantitative estimate of drug-likeness (QED) is 0.860. The molecule has 1 aromatic carbocycles. The van der Waals surface area contributed by atoms with Crippen LogP contribution in [0, 0.1) is 13.8 Å². The van der Waals surface area contributed by atoms with Gasteiger partial charge in [-0.25, -0.2) is 0 Å². The van der Waals surface area contributed by atoms with Gasteiger partial charge in [0.15, 0.2) is 5.16 Å². The van der Waals surface area contributed by atoms with Gasteiger partial charge in [0, 0.05) is 5.92 Å². The van der Waals surface area contributed by atoms with Gasteiger partial charge in [0.2, 0.25) is 0 Å². The van der Waals surface area contributed by atoms with E-state index in [1.54, 1.807) is 0 Å². The number of nitrogens with zero attached hydrogens (tertiary/aromatic N) is 3. The zero-order valence-electron chi connectivity index (χ0n) is 12.0. The Bertz CT molecular complexity index is 692. The molecule has 6 heteroatoms. The maximum atomic E-state index is 10.8. The molecule has 1 N–H and O–H groups in total. The Kier molecular flexibility index (Phi) is 3.71. The molecule has 2 aromatic rings. The van der Waals surface area contributed by atoms with Crippen LogP contribution in [0.4, 0.5) is 0 Å². The Labute approximate surface area is 127 Å². The van der Waals surface area contributed by atoms with E-state index in [4.69, 9.17) is 5.11 Å². The number of benzene rings is 1. The average Bonchev–Trinajstić information content (AvgIpc) is 3.20. The third kappa shape index (κ3) is 2.81. The highest BCUT2D eigenvalue weighted by Gasteiger charge is 2.31. The van der Waals surface area contributed by atoms with Crippen molar-refractivity contribution in [1.29, 1.82) is 0 Å². The van der Waals surface area contributed by atoms with Crippen LogP contribution in [0.1, 0.15) is 35.7 Å². The Morgan fingerprint density at radius 1 is 1.38 bits per heavy atom. The number of hydrogen-bond acceptors (Lipinski definition) is 4. The van der Waals surface area contributed by atoms with Crippen LogP contribution in [0.25, 0.3) is 5.69 Å². The molecule has 0 radical (unpaired) electrons. The predicted octanol–water partition coefficient (Wildman–Crippen LogP) is 2.94. The lowest BCUT2D eigenvalue weighted by Gasteiger charge is -2.13. The van der Waals surface area contributed by atoms with Crippen molar-refractivity contribution < 1.29 is 9.90 Å². The van der Waals surface area contributed by atoms with Crippen molar-refractivity contribution in [3.63, 3.8) is 0 Å². The number of thioether (sulfide) groups is 1. The van der Waals surface area contributed by atoms with Crippen molar-refractivity contribution >= 4 is 17.7 Å². The summed E-state index contributed by atoms with van der Waals surface area (Å²) < 4.78 is 2.04. The molecule has 1 heterocycles. The number of carboxylic acid groups (broad SMARTS) is 1. The number of aliphatic carboxylic acids is 1. The fraction of sp³-hybridized carbons (Fsp3) is 0.400. The fourth-order valence-electron chi connectivity index (χ4n) is 2.31. The van der Waals surface area contributed by atoms with E-state index in [2.05, 4.69) is 30.1 Å². The van der Waals surface area contributed by atoms with Crippen molar-refractivity contribution in [2.75, 3.05) is 5.75 Å². The number of aryl methyl sites for hydroxylation is 1. The van der Waals surface area contributed by atoms with Gasteiger partial charge in [-0.1, -0.05) is 23.9 Å². The maximum absolute atomic E-state index is 10.8. The first-order valence-electron chi connectivity index (χ1n) is 6.94. The summed E-state index contributed by atoms with van der Waals surface area (Å²) in [4.78, 5) is 10.8. The molecule has 21 heavy (non-hydrogen) atoms. The highest BCUT2D eigenvalue weighted by Crippen LogP contribution is 2.41. The normalized spacial score (nSPS) is 14.4. The minimum atomic E-state index is -0.844. The number of aromatic nitrogens is 3. The van der Waals surface area contributed by atoms with E-state index in [1.807, 2.05) is 16.7 Å². The molecule has 1 saturated carbocycles. The van der Waals surface area contributed by atoms with E-state index >= 15 is 0 Å². The summed E-state index contributed by atoms with van der Waals surface area (Å²) >= 11 is 1.22. The minimum absolute atomic E-state index is 0.00629. The van der Waals surface area contributed by atoms with E-state index in [1.165, 1.54) is 22.9 Å². The number of carbonyl (C=O) groups is 1. The molecule has 0 amide bonds. The number of rotatable bonds is 5. The largest absolute Gasteiger partial charge is 0.481 e. The van der Waals surface area contributed by atoms with Crippen LogP contribution in [0.5, 0.6) is 0 Å². The van der Waals surface area contributed by atoms with E-state index in [-0.39, 0.29) is 5.75 Å². The molecule has 1 aliphatic rings. The highest BCUT2D eigenvalue weighted by atomic mass is 32.2. The van der Waals surface area contributed by atoms with Crippen molar-refractivity contribution in [1.82, 2.24) is 14.8 Å². The van der Waals surface area contributed by atoms with Crippen molar-refractivity contribution in [3.8, 4) is 5.69 Å². The zero-order valence-corrected chi connectivity index (χ0v) is 12.9. The second-order valence-corrected chi connectivity index (χ2v) is 6.29. The summed E-state index contributed by atoms with van der Waals surface area (Å²) in [7, 11) is 0. The molecule has 110 valence electrons. The monoisotopic (exact) mass is 303 g/mol. The second kappa shape index (κ2) is 5.52. The van der Waals surface area contributed by atoms with Gasteiger partial charge in [-0.15, -0.1) is 10.2 Å². The summed E-state index contributed by atoms with van der Waals surface area (Å²) in [5.41, 5.74) is 3.43. The average molecular weight is 303 g/mol. The predicted molar refractivity (Wildman–Crippen MR) is 81.2 cm³/mol. The zero-order chi connectivity index (χ0) is 15.0. The summed E-state index contributed by atoms with van der Waals surface area (Å²) in [5.74, 6) is 0.560. The van der Waals surface area contributed by atoms with Crippen molar-refractivity contribution in [3.05, 3.63) is 35.2 Å². The molecular formula is C15H17N3O2S.